The molecule has 1 amide bonds. The fraction of sp³-hybridized carbons (Fsp3) is 0.500. The highest BCUT2D eigenvalue weighted by Gasteiger charge is 2.25. The monoisotopic (exact) mass is 216 g/mol. The van der Waals surface area contributed by atoms with Gasteiger partial charge in [0.15, 0.2) is 0 Å². The van der Waals surface area contributed by atoms with Gasteiger partial charge in [-0.15, -0.1) is 0 Å². The Morgan fingerprint density at radius 1 is 1.79 bits per heavy atom. The molecule has 0 aliphatic rings. The zero-order valence-electron chi connectivity index (χ0n) is 7.90. The SMILES string of the molecule is CC(N)(CCn1cc(Cl)cn1)C(N)=O. The van der Waals surface area contributed by atoms with Gasteiger partial charge in [0.2, 0.25) is 5.91 Å². The number of hydrogen-bond acceptors (Lipinski definition) is 3. The van der Waals surface area contributed by atoms with Gasteiger partial charge in [-0.1, -0.05) is 11.6 Å². The summed E-state index contributed by atoms with van der Waals surface area (Å²) >= 11 is 5.67. The molecule has 1 heterocycles. The summed E-state index contributed by atoms with van der Waals surface area (Å²) < 4.78 is 1.62. The van der Waals surface area contributed by atoms with Gasteiger partial charge in [0.25, 0.3) is 0 Å². The predicted molar refractivity (Wildman–Crippen MR) is 53.6 cm³/mol. The Morgan fingerprint density at radius 2 is 2.43 bits per heavy atom. The molecule has 1 aromatic rings. The van der Waals surface area contributed by atoms with E-state index in [1.54, 1.807) is 17.8 Å². The predicted octanol–water partition coefficient (Wildman–Crippen LogP) is 0.129. The van der Waals surface area contributed by atoms with Crippen LogP contribution in [0.25, 0.3) is 0 Å². The van der Waals surface area contributed by atoms with E-state index in [1.807, 2.05) is 0 Å². The number of halogens is 1. The van der Waals surface area contributed by atoms with Gasteiger partial charge < -0.3 is 11.5 Å². The van der Waals surface area contributed by atoms with E-state index in [0.717, 1.165) is 0 Å². The van der Waals surface area contributed by atoms with Gasteiger partial charge in [-0.2, -0.15) is 5.10 Å². The zero-order chi connectivity index (χ0) is 10.8. The normalized spacial score (nSPS) is 15.1. The number of nitrogens with two attached hydrogens (primary N) is 2. The van der Waals surface area contributed by atoms with Crippen molar-refractivity contribution in [2.24, 2.45) is 11.5 Å². The molecule has 4 N–H and O–H groups in total. The Hall–Kier alpha value is -1.07. The summed E-state index contributed by atoms with van der Waals surface area (Å²) in [6.07, 6.45) is 3.62. The number of carbonyl (C=O) groups is 1. The van der Waals surface area contributed by atoms with Crippen LogP contribution < -0.4 is 11.5 Å². The van der Waals surface area contributed by atoms with Crippen LogP contribution in [-0.4, -0.2) is 21.2 Å². The first-order valence-corrected chi connectivity index (χ1v) is 4.56. The molecule has 0 spiro atoms. The number of nitrogens with zero attached hydrogens (tertiary/aromatic N) is 2. The Morgan fingerprint density at radius 3 is 2.86 bits per heavy atom. The maximum atomic E-state index is 10.9. The number of primary amides is 1. The fourth-order valence-corrected chi connectivity index (χ4v) is 1.09. The molecular weight excluding hydrogens is 204 g/mol. The highest BCUT2D eigenvalue weighted by Crippen LogP contribution is 2.09. The van der Waals surface area contributed by atoms with Crippen LogP contribution in [0.3, 0.4) is 0 Å². The number of carbonyl (C=O) groups excluding carboxylic acids is 1. The Balaban J connectivity index is 2.52. The maximum absolute atomic E-state index is 10.9. The summed E-state index contributed by atoms with van der Waals surface area (Å²) in [5.41, 5.74) is 9.78. The molecule has 0 aliphatic carbocycles. The highest BCUT2D eigenvalue weighted by atomic mass is 35.5. The molecule has 0 saturated carbocycles. The van der Waals surface area contributed by atoms with Crippen LogP contribution in [0.4, 0.5) is 0 Å². The van der Waals surface area contributed by atoms with Crippen molar-refractivity contribution in [3.63, 3.8) is 0 Å². The Labute approximate surface area is 87.0 Å². The minimum Gasteiger partial charge on any atom is -0.368 e. The standard InChI is InChI=1S/C8H13ClN4O/c1-8(11,7(10)14)2-3-13-5-6(9)4-12-13/h4-5H,2-3,11H2,1H3,(H2,10,14). The first-order valence-electron chi connectivity index (χ1n) is 4.18. The minimum absolute atomic E-state index is 0.431. The van der Waals surface area contributed by atoms with Crippen LogP contribution in [0.5, 0.6) is 0 Å². The van der Waals surface area contributed by atoms with Crippen molar-refractivity contribution < 1.29 is 4.79 Å². The van der Waals surface area contributed by atoms with Gasteiger partial charge in [-0.05, 0) is 13.3 Å². The van der Waals surface area contributed by atoms with Crippen molar-refractivity contribution in [2.45, 2.75) is 25.4 Å². The molecule has 0 radical (unpaired) electrons. The first-order chi connectivity index (χ1) is 6.42. The van der Waals surface area contributed by atoms with Crippen molar-refractivity contribution in [3.05, 3.63) is 17.4 Å². The molecular formula is C8H13ClN4O. The molecule has 0 bridgehead atoms. The lowest BCUT2D eigenvalue weighted by atomic mass is 9.99. The largest absolute Gasteiger partial charge is 0.368 e. The van der Waals surface area contributed by atoms with Crippen molar-refractivity contribution in [3.8, 4) is 0 Å². The molecule has 1 aromatic heterocycles. The lowest BCUT2D eigenvalue weighted by Gasteiger charge is -2.19. The third kappa shape index (κ3) is 2.71. The van der Waals surface area contributed by atoms with Gasteiger partial charge in [0.05, 0.1) is 16.8 Å². The van der Waals surface area contributed by atoms with E-state index < -0.39 is 11.4 Å². The van der Waals surface area contributed by atoms with Crippen LogP contribution >= 0.6 is 11.6 Å². The average molecular weight is 217 g/mol. The van der Waals surface area contributed by atoms with E-state index in [0.29, 0.717) is 18.0 Å². The van der Waals surface area contributed by atoms with Gasteiger partial charge in [-0.3, -0.25) is 9.48 Å². The molecule has 14 heavy (non-hydrogen) atoms. The molecule has 5 nitrogen and oxygen atoms in total. The number of hydrogen-bond donors (Lipinski definition) is 2. The summed E-state index contributed by atoms with van der Waals surface area (Å²) in [6.45, 7) is 2.11. The zero-order valence-corrected chi connectivity index (χ0v) is 8.66. The van der Waals surface area contributed by atoms with Crippen LogP contribution in [0, 0.1) is 0 Å². The third-order valence-electron chi connectivity index (χ3n) is 2.02. The molecule has 1 rings (SSSR count). The van der Waals surface area contributed by atoms with E-state index in [1.165, 1.54) is 6.20 Å². The molecule has 0 fully saturated rings. The summed E-state index contributed by atoms with van der Waals surface area (Å²) in [5.74, 6) is -0.518. The van der Waals surface area contributed by atoms with Crippen LogP contribution in [0.2, 0.25) is 5.02 Å². The van der Waals surface area contributed by atoms with Crippen molar-refractivity contribution in [2.75, 3.05) is 0 Å². The second kappa shape index (κ2) is 3.98. The fourth-order valence-electron chi connectivity index (χ4n) is 0.931. The summed E-state index contributed by atoms with van der Waals surface area (Å²) in [4.78, 5) is 10.9. The van der Waals surface area contributed by atoms with Crippen molar-refractivity contribution in [1.82, 2.24) is 9.78 Å². The van der Waals surface area contributed by atoms with E-state index in [2.05, 4.69) is 5.10 Å². The summed E-state index contributed by atoms with van der Waals surface area (Å²) in [5, 5.41) is 4.51. The minimum atomic E-state index is -1.00. The van der Waals surface area contributed by atoms with E-state index >= 15 is 0 Å². The van der Waals surface area contributed by atoms with Crippen LogP contribution in [0.1, 0.15) is 13.3 Å². The smallest absolute Gasteiger partial charge is 0.237 e. The molecule has 0 aliphatic heterocycles. The third-order valence-corrected chi connectivity index (χ3v) is 2.22. The van der Waals surface area contributed by atoms with Gasteiger partial charge in [0, 0.05) is 12.7 Å². The number of amides is 1. The Bertz CT molecular complexity index is 334. The second-order valence-corrected chi connectivity index (χ2v) is 3.89. The molecule has 0 aromatic carbocycles. The van der Waals surface area contributed by atoms with Crippen LogP contribution in [0.15, 0.2) is 12.4 Å². The Kier molecular flexibility index (Phi) is 3.13. The number of aromatic nitrogens is 2. The molecule has 78 valence electrons. The topological polar surface area (TPSA) is 86.9 Å². The number of aryl methyl sites for hydroxylation is 1. The van der Waals surface area contributed by atoms with Crippen molar-refractivity contribution >= 4 is 17.5 Å². The first kappa shape index (κ1) is 11.0. The molecule has 0 saturated heterocycles. The van der Waals surface area contributed by atoms with E-state index in [9.17, 15) is 4.79 Å². The van der Waals surface area contributed by atoms with Crippen molar-refractivity contribution in [1.29, 1.82) is 0 Å². The van der Waals surface area contributed by atoms with Gasteiger partial charge >= 0.3 is 0 Å². The second-order valence-electron chi connectivity index (χ2n) is 3.45. The van der Waals surface area contributed by atoms with Gasteiger partial charge in [0.1, 0.15) is 0 Å². The molecule has 1 atom stereocenters. The lowest BCUT2D eigenvalue weighted by molar-refractivity contribution is -0.122. The number of rotatable bonds is 4. The van der Waals surface area contributed by atoms with E-state index in [4.69, 9.17) is 23.1 Å². The molecule has 6 heteroatoms. The maximum Gasteiger partial charge on any atom is 0.237 e. The summed E-state index contributed by atoms with van der Waals surface area (Å²) in [7, 11) is 0. The summed E-state index contributed by atoms with van der Waals surface area (Å²) in [6, 6.07) is 0. The lowest BCUT2D eigenvalue weighted by Crippen LogP contribution is -2.49. The van der Waals surface area contributed by atoms with Crippen LogP contribution in [-0.2, 0) is 11.3 Å². The van der Waals surface area contributed by atoms with Gasteiger partial charge in [-0.25, -0.2) is 0 Å². The molecule has 1 unspecified atom stereocenters. The van der Waals surface area contributed by atoms with E-state index in [-0.39, 0.29) is 0 Å². The quantitative estimate of drug-likeness (QED) is 0.750. The highest BCUT2D eigenvalue weighted by molar-refractivity contribution is 6.30. The average Bonchev–Trinajstić information content (AvgIpc) is 2.48.